The van der Waals surface area contributed by atoms with Crippen molar-refractivity contribution in [2.75, 3.05) is 0 Å². The first-order chi connectivity index (χ1) is 4.77. The fourth-order valence-electron chi connectivity index (χ4n) is 1.36. The lowest BCUT2D eigenvalue weighted by Gasteiger charge is -1.94. The summed E-state index contributed by atoms with van der Waals surface area (Å²) < 4.78 is 2.15. The highest BCUT2D eigenvalue weighted by atomic mass is 15.1. The summed E-state index contributed by atoms with van der Waals surface area (Å²) in [4.78, 5) is 4.44. The van der Waals surface area contributed by atoms with Gasteiger partial charge in [0.15, 0.2) is 0 Å². The average Bonchev–Trinajstić information content (AvgIpc) is 2.61. The smallest absolute Gasteiger partial charge is 0.111 e. The van der Waals surface area contributed by atoms with Crippen LogP contribution in [0.1, 0.15) is 30.3 Å². The molecule has 0 amide bonds. The Kier molecular flexibility index (Phi) is 1.10. The van der Waals surface area contributed by atoms with Crippen molar-refractivity contribution < 1.29 is 0 Å². The summed E-state index contributed by atoms with van der Waals surface area (Å²) in [5, 5.41) is 0. The SMILES string of the molecule is Cc1cn(C)c(C2CC2)n1. The van der Waals surface area contributed by atoms with E-state index in [1.165, 1.54) is 18.7 Å². The van der Waals surface area contributed by atoms with Crippen molar-refractivity contribution >= 4 is 0 Å². The fourth-order valence-corrected chi connectivity index (χ4v) is 1.36. The van der Waals surface area contributed by atoms with Crippen molar-refractivity contribution in [3.63, 3.8) is 0 Å². The lowest BCUT2D eigenvalue weighted by atomic mass is 10.4. The van der Waals surface area contributed by atoms with E-state index in [0.29, 0.717) is 0 Å². The van der Waals surface area contributed by atoms with Gasteiger partial charge in [-0.25, -0.2) is 4.98 Å². The van der Waals surface area contributed by atoms with Crippen molar-refractivity contribution in [2.24, 2.45) is 7.05 Å². The third-order valence-corrected chi connectivity index (χ3v) is 1.98. The van der Waals surface area contributed by atoms with Crippen LogP contribution in [0, 0.1) is 6.92 Å². The maximum atomic E-state index is 4.44. The molecule has 1 aromatic rings. The molecule has 0 N–H and O–H groups in total. The van der Waals surface area contributed by atoms with Gasteiger partial charge in [0.1, 0.15) is 5.82 Å². The van der Waals surface area contributed by atoms with Gasteiger partial charge < -0.3 is 4.57 Å². The topological polar surface area (TPSA) is 17.8 Å². The van der Waals surface area contributed by atoms with Crippen LogP contribution in [-0.2, 0) is 7.05 Å². The van der Waals surface area contributed by atoms with Crippen molar-refractivity contribution in [1.29, 1.82) is 0 Å². The van der Waals surface area contributed by atoms with Gasteiger partial charge in [-0.2, -0.15) is 0 Å². The van der Waals surface area contributed by atoms with Gasteiger partial charge in [0.25, 0.3) is 0 Å². The van der Waals surface area contributed by atoms with Crippen LogP contribution in [0.4, 0.5) is 0 Å². The molecule has 1 aliphatic carbocycles. The molecule has 2 nitrogen and oxygen atoms in total. The normalized spacial score (nSPS) is 17.8. The Balaban J connectivity index is 2.38. The van der Waals surface area contributed by atoms with Crippen LogP contribution in [0.2, 0.25) is 0 Å². The Morgan fingerprint density at radius 2 is 2.30 bits per heavy atom. The number of aryl methyl sites for hydroxylation is 2. The van der Waals surface area contributed by atoms with Gasteiger partial charge in [-0.05, 0) is 19.8 Å². The van der Waals surface area contributed by atoms with E-state index in [1.54, 1.807) is 0 Å². The van der Waals surface area contributed by atoms with Crippen molar-refractivity contribution in [3.8, 4) is 0 Å². The van der Waals surface area contributed by atoms with E-state index in [2.05, 4.69) is 22.8 Å². The Bertz CT molecular complexity index is 246. The van der Waals surface area contributed by atoms with Crippen molar-refractivity contribution in [1.82, 2.24) is 9.55 Å². The minimum absolute atomic E-state index is 0.777. The zero-order valence-electron chi connectivity index (χ0n) is 6.46. The molecule has 1 heterocycles. The molecule has 1 fully saturated rings. The number of rotatable bonds is 1. The minimum atomic E-state index is 0.777. The Morgan fingerprint density at radius 1 is 1.60 bits per heavy atom. The first kappa shape index (κ1) is 5.96. The molecule has 1 saturated carbocycles. The summed E-state index contributed by atoms with van der Waals surface area (Å²) in [5.41, 5.74) is 1.14. The summed E-state index contributed by atoms with van der Waals surface area (Å²) >= 11 is 0. The summed E-state index contributed by atoms with van der Waals surface area (Å²) in [7, 11) is 2.08. The number of aromatic nitrogens is 2. The lowest BCUT2D eigenvalue weighted by Crippen LogP contribution is -1.93. The maximum absolute atomic E-state index is 4.44. The molecule has 0 unspecified atom stereocenters. The van der Waals surface area contributed by atoms with Gasteiger partial charge in [0, 0.05) is 19.2 Å². The van der Waals surface area contributed by atoms with E-state index >= 15 is 0 Å². The zero-order valence-corrected chi connectivity index (χ0v) is 6.46. The molecule has 0 radical (unpaired) electrons. The van der Waals surface area contributed by atoms with Crippen LogP contribution in [0.15, 0.2) is 6.20 Å². The van der Waals surface area contributed by atoms with Crippen LogP contribution in [0.25, 0.3) is 0 Å². The molecule has 1 aromatic heterocycles. The molecular weight excluding hydrogens is 124 g/mol. The largest absolute Gasteiger partial charge is 0.337 e. The number of imidazole rings is 1. The van der Waals surface area contributed by atoms with Gasteiger partial charge in [-0.1, -0.05) is 0 Å². The molecule has 2 rings (SSSR count). The van der Waals surface area contributed by atoms with Gasteiger partial charge in [-0.3, -0.25) is 0 Å². The van der Waals surface area contributed by atoms with E-state index < -0.39 is 0 Å². The standard InChI is InChI=1S/C8H12N2/c1-6-5-10(2)8(9-6)7-3-4-7/h5,7H,3-4H2,1-2H3. The second-order valence-corrected chi connectivity index (χ2v) is 3.13. The first-order valence-corrected chi connectivity index (χ1v) is 3.77. The first-order valence-electron chi connectivity index (χ1n) is 3.77. The summed E-state index contributed by atoms with van der Waals surface area (Å²) in [5.74, 6) is 2.05. The highest BCUT2D eigenvalue weighted by Crippen LogP contribution is 2.38. The van der Waals surface area contributed by atoms with Crippen LogP contribution in [0.3, 0.4) is 0 Å². The molecular formula is C8H12N2. The molecule has 0 aliphatic heterocycles. The predicted molar refractivity (Wildman–Crippen MR) is 39.9 cm³/mol. The van der Waals surface area contributed by atoms with E-state index in [4.69, 9.17) is 0 Å². The van der Waals surface area contributed by atoms with Crippen LogP contribution in [0.5, 0.6) is 0 Å². The van der Waals surface area contributed by atoms with E-state index in [9.17, 15) is 0 Å². The fraction of sp³-hybridized carbons (Fsp3) is 0.625. The molecule has 0 atom stereocenters. The van der Waals surface area contributed by atoms with Gasteiger partial charge in [0.05, 0.1) is 5.69 Å². The summed E-state index contributed by atoms with van der Waals surface area (Å²) in [6.45, 7) is 2.05. The van der Waals surface area contributed by atoms with Gasteiger partial charge >= 0.3 is 0 Å². The van der Waals surface area contributed by atoms with Crippen molar-refractivity contribution in [2.45, 2.75) is 25.7 Å². The van der Waals surface area contributed by atoms with Gasteiger partial charge in [-0.15, -0.1) is 0 Å². The molecule has 0 saturated heterocycles. The molecule has 0 spiro atoms. The quantitative estimate of drug-likeness (QED) is 0.573. The second-order valence-electron chi connectivity index (χ2n) is 3.13. The monoisotopic (exact) mass is 136 g/mol. The highest BCUT2D eigenvalue weighted by molar-refractivity contribution is 5.11. The molecule has 1 aliphatic rings. The number of nitrogens with zero attached hydrogens (tertiary/aromatic N) is 2. The molecule has 10 heavy (non-hydrogen) atoms. The number of hydrogen-bond donors (Lipinski definition) is 0. The van der Waals surface area contributed by atoms with E-state index in [-0.39, 0.29) is 0 Å². The Hall–Kier alpha value is -0.790. The summed E-state index contributed by atoms with van der Waals surface area (Å²) in [6, 6.07) is 0. The lowest BCUT2D eigenvalue weighted by molar-refractivity contribution is 0.799. The van der Waals surface area contributed by atoms with Crippen LogP contribution >= 0.6 is 0 Å². The third kappa shape index (κ3) is 0.838. The summed E-state index contributed by atoms with van der Waals surface area (Å²) in [6.07, 6.45) is 4.77. The van der Waals surface area contributed by atoms with Crippen LogP contribution < -0.4 is 0 Å². The molecule has 0 aromatic carbocycles. The van der Waals surface area contributed by atoms with E-state index in [0.717, 1.165) is 11.6 Å². The van der Waals surface area contributed by atoms with E-state index in [1.807, 2.05) is 6.92 Å². The number of hydrogen-bond acceptors (Lipinski definition) is 1. The second kappa shape index (κ2) is 1.84. The van der Waals surface area contributed by atoms with Gasteiger partial charge in [0.2, 0.25) is 0 Å². The predicted octanol–water partition coefficient (Wildman–Crippen LogP) is 1.61. The maximum Gasteiger partial charge on any atom is 0.111 e. The van der Waals surface area contributed by atoms with Crippen LogP contribution in [-0.4, -0.2) is 9.55 Å². The molecule has 54 valence electrons. The highest BCUT2D eigenvalue weighted by Gasteiger charge is 2.27. The Morgan fingerprint density at radius 3 is 2.70 bits per heavy atom. The Labute approximate surface area is 60.9 Å². The molecule has 2 heteroatoms. The molecule has 0 bridgehead atoms. The van der Waals surface area contributed by atoms with Crippen molar-refractivity contribution in [3.05, 3.63) is 17.7 Å². The zero-order chi connectivity index (χ0) is 7.14. The average molecular weight is 136 g/mol. The minimum Gasteiger partial charge on any atom is -0.337 e. The third-order valence-electron chi connectivity index (χ3n) is 1.98.